The molecule has 108 valence electrons. The topological polar surface area (TPSA) is 32.9 Å². The first kappa shape index (κ1) is 13.8. The van der Waals surface area contributed by atoms with Crippen molar-refractivity contribution in [2.75, 3.05) is 26.2 Å². The molecule has 1 fully saturated rings. The molecule has 0 radical (unpaired) electrons. The molecule has 0 aliphatic carbocycles. The maximum atomic E-state index is 4.55. The Bertz CT molecular complexity index is 560. The second kappa shape index (κ2) is 6.99. The van der Waals surface area contributed by atoms with Gasteiger partial charge in [-0.15, -0.1) is 0 Å². The van der Waals surface area contributed by atoms with Crippen molar-refractivity contribution in [2.45, 2.75) is 6.54 Å². The van der Waals surface area contributed by atoms with Gasteiger partial charge < -0.3 is 4.90 Å². The molecule has 1 N–H and O–H groups in total. The van der Waals surface area contributed by atoms with Crippen LogP contribution in [0.3, 0.4) is 0 Å². The van der Waals surface area contributed by atoms with Gasteiger partial charge in [-0.3, -0.25) is 9.99 Å². The van der Waals surface area contributed by atoms with E-state index < -0.39 is 0 Å². The minimum Gasteiger partial charge on any atom is -0.328 e. The molecule has 1 aliphatic heterocycles. The molecule has 2 aromatic rings. The Morgan fingerprint density at radius 1 is 1.10 bits per heavy atom. The first-order chi connectivity index (χ1) is 10.4. The van der Waals surface area contributed by atoms with Gasteiger partial charge >= 0.3 is 0 Å². The van der Waals surface area contributed by atoms with Gasteiger partial charge in [0.2, 0.25) is 0 Å². The van der Waals surface area contributed by atoms with Crippen LogP contribution < -0.4 is 4.90 Å². The molecule has 0 bridgehead atoms. The van der Waals surface area contributed by atoms with E-state index in [9.17, 15) is 0 Å². The number of hydrogen-bond acceptors (Lipinski definition) is 3. The fourth-order valence-electron chi connectivity index (χ4n) is 2.59. The number of pyridine rings is 1. The Morgan fingerprint density at radius 2 is 1.90 bits per heavy atom. The standard InChI is InChI=1S/C17H20N4/c1-2-5-16(6-3-1)15-20-9-11-21(12-10-20)19-14-17-7-4-8-18-13-17/h1-8,13-14H,9-12,15H2/p+1/b19-14-. The molecule has 0 unspecified atom stereocenters. The summed E-state index contributed by atoms with van der Waals surface area (Å²) in [6.45, 7) is 5.41. The molecule has 4 nitrogen and oxygen atoms in total. The molecule has 1 aliphatic rings. The van der Waals surface area contributed by atoms with Gasteiger partial charge in [0, 0.05) is 23.5 Å². The van der Waals surface area contributed by atoms with E-state index in [1.54, 1.807) is 11.1 Å². The van der Waals surface area contributed by atoms with Crippen LogP contribution in [0, 0.1) is 0 Å². The number of quaternary nitrogens is 1. The van der Waals surface area contributed by atoms with E-state index in [0.29, 0.717) is 0 Å². The molecule has 0 atom stereocenters. The lowest BCUT2D eigenvalue weighted by molar-refractivity contribution is -0.918. The van der Waals surface area contributed by atoms with Gasteiger partial charge in [0.1, 0.15) is 6.54 Å². The van der Waals surface area contributed by atoms with Crippen LogP contribution in [0.1, 0.15) is 11.1 Å². The number of nitrogens with one attached hydrogen (secondary N) is 1. The Morgan fingerprint density at radius 3 is 2.62 bits per heavy atom. The summed E-state index contributed by atoms with van der Waals surface area (Å²) in [4.78, 5) is 5.73. The Hall–Kier alpha value is -2.20. The number of aromatic nitrogens is 1. The van der Waals surface area contributed by atoms with E-state index in [2.05, 4.69) is 45.4 Å². The van der Waals surface area contributed by atoms with Gasteiger partial charge in [-0.25, -0.2) is 0 Å². The highest BCUT2D eigenvalue weighted by molar-refractivity contribution is 5.78. The maximum absolute atomic E-state index is 4.55. The number of rotatable bonds is 4. The lowest BCUT2D eigenvalue weighted by Crippen LogP contribution is -3.13. The van der Waals surface area contributed by atoms with Crippen molar-refractivity contribution in [2.24, 2.45) is 5.10 Å². The Kier molecular flexibility index (Phi) is 4.59. The highest BCUT2D eigenvalue weighted by Gasteiger charge is 2.18. The predicted octanol–water partition coefficient (Wildman–Crippen LogP) is 0.816. The van der Waals surface area contributed by atoms with Crippen molar-refractivity contribution in [3.8, 4) is 0 Å². The number of piperazine rings is 1. The minimum absolute atomic E-state index is 1.01. The monoisotopic (exact) mass is 281 g/mol. The fraction of sp³-hybridized carbons (Fsp3) is 0.294. The molecule has 1 aromatic carbocycles. The van der Waals surface area contributed by atoms with Crippen molar-refractivity contribution in [3.05, 3.63) is 66.0 Å². The molecule has 0 spiro atoms. The number of benzene rings is 1. The van der Waals surface area contributed by atoms with Gasteiger partial charge in [-0.1, -0.05) is 36.4 Å². The second-order valence-corrected chi connectivity index (χ2v) is 5.40. The van der Waals surface area contributed by atoms with Gasteiger partial charge in [0.15, 0.2) is 0 Å². The van der Waals surface area contributed by atoms with Crippen LogP contribution in [0.2, 0.25) is 0 Å². The summed E-state index contributed by atoms with van der Waals surface area (Å²) < 4.78 is 0. The van der Waals surface area contributed by atoms with Crippen LogP contribution in [0.5, 0.6) is 0 Å². The maximum Gasteiger partial charge on any atom is 0.103 e. The molecular weight excluding hydrogens is 260 g/mol. The average molecular weight is 281 g/mol. The number of hydrazone groups is 1. The fourth-order valence-corrected chi connectivity index (χ4v) is 2.59. The first-order valence-corrected chi connectivity index (χ1v) is 7.46. The Balaban J connectivity index is 1.48. The van der Waals surface area contributed by atoms with Gasteiger partial charge in [0.05, 0.1) is 32.4 Å². The summed E-state index contributed by atoms with van der Waals surface area (Å²) in [5.41, 5.74) is 2.47. The zero-order valence-corrected chi connectivity index (χ0v) is 12.2. The third-order valence-corrected chi connectivity index (χ3v) is 3.80. The summed E-state index contributed by atoms with van der Waals surface area (Å²) in [5, 5.41) is 6.70. The normalized spacial score (nSPS) is 16.5. The van der Waals surface area contributed by atoms with Crippen molar-refractivity contribution in [3.63, 3.8) is 0 Å². The van der Waals surface area contributed by atoms with Crippen molar-refractivity contribution < 1.29 is 4.90 Å². The van der Waals surface area contributed by atoms with Crippen LogP contribution >= 0.6 is 0 Å². The lowest BCUT2D eigenvalue weighted by Gasteiger charge is -2.30. The molecular formula is C17H21N4+. The third kappa shape index (κ3) is 4.13. The summed E-state index contributed by atoms with van der Waals surface area (Å²) >= 11 is 0. The van der Waals surface area contributed by atoms with Gasteiger partial charge in [0.25, 0.3) is 0 Å². The molecule has 21 heavy (non-hydrogen) atoms. The van der Waals surface area contributed by atoms with Crippen molar-refractivity contribution in [1.29, 1.82) is 0 Å². The molecule has 1 aromatic heterocycles. The van der Waals surface area contributed by atoms with Crippen LogP contribution in [0.25, 0.3) is 0 Å². The molecule has 0 saturated carbocycles. The van der Waals surface area contributed by atoms with Crippen LogP contribution in [0.4, 0.5) is 0 Å². The van der Waals surface area contributed by atoms with Crippen LogP contribution in [-0.2, 0) is 6.54 Å². The van der Waals surface area contributed by atoms with Gasteiger partial charge in [-0.05, 0) is 6.07 Å². The largest absolute Gasteiger partial charge is 0.328 e. The van der Waals surface area contributed by atoms with E-state index in [0.717, 1.165) is 38.3 Å². The zero-order valence-electron chi connectivity index (χ0n) is 12.2. The number of hydrogen-bond donors (Lipinski definition) is 1. The SMILES string of the molecule is C(=N/N1CC[NH+](Cc2ccccc2)CC1)/c1cccnc1. The summed E-state index contributed by atoms with van der Waals surface area (Å²) in [6.07, 6.45) is 5.51. The summed E-state index contributed by atoms with van der Waals surface area (Å²) in [5.74, 6) is 0. The molecule has 3 rings (SSSR count). The highest BCUT2D eigenvalue weighted by atomic mass is 15.5. The predicted molar refractivity (Wildman–Crippen MR) is 84.2 cm³/mol. The van der Waals surface area contributed by atoms with E-state index >= 15 is 0 Å². The van der Waals surface area contributed by atoms with E-state index in [1.165, 1.54) is 5.56 Å². The Labute approximate surface area is 125 Å². The van der Waals surface area contributed by atoms with Crippen molar-refractivity contribution in [1.82, 2.24) is 9.99 Å². The summed E-state index contributed by atoms with van der Waals surface area (Å²) in [6, 6.07) is 14.7. The molecule has 4 heteroatoms. The first-order valence-electron chi connectivity index (χ1n) is 7.46. The van der Waals surface area contributed by atoms with E-state index in [-0.39, 0.29) is 0 Å². The van der Waals surface area contributed by atoms with Gasteiger partial charge in [-0.2, -0.15) is 5.10 Å². The molecule has 1 saturated heterocycles. The third-order valence-electron chi connectivity index (χ3n) is 3.80. The van der Waals surface area contributed by atoms with E-state index in [1.807, 2.05) is 24.5 Å². The van der Waals surface area contributed by atoms with Crippen LogP contribution in [-0.4, -0.2) is 42.4 Å². The smallest absolute Gasteiger partial charge is 0.103 e. The summed E-state index contributed by atoms with van der Waals surface area (Å²) in [7, 11) is 0. The molecule has 2 heterocycles. The number of nitrogens with zero attached hydrogens (tertiary/aromatic N) is 3. The second-order valence-electron chi connectivity index (χ2n) is 5.40. The minimum atomic E-state index is 1.01. The lowest BCUT2D eigenvalue weighted by atomic mass is 10.2. The van der Waals surface area contributed by atoms with E-state index in [4.69, 9.17) is 0 Å². The quantitative estimate of drug-likeness (QED) is 0.842. The van der Waals surface area contributed by atoms with Crippen LogP contribution in [0.15, 0.2) is 60.0 Å². The average Bonchev–Trinajstić information content (AvgIpc) is 2.56. The molecule has 0 amide bonds. The highest BCUT2D eigenvalue weighted by Crippen LogP contribution is 1.98. The van der Waals surface area contributed by atoms with Crippen molar-refractivity contribution >= 4 is 6.21 Å². The zero-order chi connectivity index (χ0) is 14.3.